The predicted molar refractivity (Wildman–Crippen MR) is 53.0 cm³/mol. The van der Waals surface area contributed by atoms with Crippen molar-refractivity contribution in [2.75, 3.05) is 0 Å². The molecular formula is C11H7F3N2O. The van der Waals surface area contributed by atoms with Crippen molar-refractivity contribution < 1.29 is 18.0 Å². The van der Waals surface area contributed by atoms with E-state index in [-0.39, 0.29) is 5.56 Å². The average molecular weight is 240 g/mol. The third-order valence-corrected chi connectivity index (χ3v) is 2.20. The number of carbonyl (C=O) groups excluding carboxylic acids is 1. The summed E-state index contributed by atoms with van der Waals surface area (Å²) in [7, 11) is 1.56. The van der Waals surface area contributed by atoms with E-state index in [0.717, 1.165) is 0 Å². The molecule has 0 atom stereocenters. The van der Waals surface area contributed by atoms with Crippen molar-refractivity contribution in [3.05, 3.63) is 53.1 Å². The third kappa shape index (κ3) is 2.06. The van der Waals surface area contributed by atoms with Crippen molar-refractivity contribution in [2.24, 2.45) is 7.05 Å². The van der Waals surface area contributed by atoms with Gasteiger partial charge in [0.1, 0.15) is 17.5 Å². The molecule has 0 bridgehead atoms. The number of ketones is 1. The number of aryl methyl sites for hydroxylation is 1. The van der Waals surface area contributed by atoms with Gasteiger partial charge in [0.2, 0.25) is 5.78 Å². The Hall–Kier alpha value is -2.11. The number of rotatable bonds is 2. The summed E-state index contributed by atoms with van der Waals surface area (Å²) in [4.78, 5) is 11.8. The molecule has 88 valence electrons. The molecule has 0 unspecified atom stereocenters. The minimum atomic E-state index is -1.23. The van der Waals surface area contributed by atoms with Gasteiger partial charge in [-0.2, -0.15) is 5.10 Å². The third-order valence-electron chi connectivity index (χ3n) is 2.20. The molecule has 0 aliphatic carbocycles. The molecule has 2 aromatic rings. The van der Waals surface area contributed by atoms with E-state index < -0.39 is 28.8 Å². The van der Waals surface area contributed by atoms with Crippen LogP contribution in [0.5, 0.6) is 0 Å². The molecule has 1 heterocycles. The van der Waals surface area contributed by atoms with Crippen LogP contribution in [0.1, 0.15) is 15.9 Å². The van der Waals surface area contributed by atoms with Crippen LogP contribution in [0.15, 0.2) is 24.5 Å². The predicted octanol–water partition coefficient (Wildman–Crippen LogP) is 2.07. The fraction of sp³-hybridized carbons (Fsp3) is 0.0909. The molecule has 1 aromatic carbocycles. The van der Waals surface area contributed by atoms with Gasteiger partial charge in [0.25, 0.3) is 0 Å². The van der Waals surface area contributed by atoms with Gasteiger partial charge in [0, 0.05) is 25.4 Å². The van der Waals surface area contributed by atoms with Gasteiger partial charge in [-0.05, 0) is 0 Å². The van der Waals surface area contributed by atoms with Crippen LogP contribution in [0.25, 0.3) is 0 Å². The van der Waals surface area contributed by atoms with Crippen LogP contribution in [0, 0.1) is 17.5 Å². The van der Waals surface area contributed by atoms with Gasteiger partial charge in [0.05, 0.1) is 17.3 Å². The number of aromatic nitrogens is 2. The maximum atomic E-state index is 13.3. The standard InChI is InChI=1S/C11H7F3N2O/c1-16-5-6(4-15-16)11(17)10-8(13)2-7(12)3-9(10)14/h2-5H,1H3. The van der Waals surface area contributed by atoms with Crippen molar-refractivity contribution in [1.29, 1.82) is 0 Å². The normalized spacial score (nSPS) is 10.6. The second kappa shape index (κ2) is 4.04. The lowest BCUT2D eigenvalue weighted by molar-refractivity contribution is 0.103. The zero-order chi connectivity index (χ0) is 12.6. The monoisotopic (exact) mass is 240 g/mol. The van der Waals surface area contributed by atoms with Crippen molar-refractivity contribution in [2.45, 2.75) is 0 Å². The molecule has 17 heavy (non-hydrogen) atoms. The summed E-state index contributed by atoms with van der Waals surface area (Å²) in [5, 5.41) is 3.72. The van der Waals surface area contributed by atoms with E-state index in [1.54, 1.807) is 7.05 Å². The Labute approximate surface area is 94.5 Å². The van der Waals surface area contributed by atoms with Gasteiger partial charge < -0.3 is 0 Å². The first-order valence-electron chi connectivity index (χ1n) is 4.67. The van der Waals surface area contributed by atoms with E-state index in [4.69, 9.17) is 0 Å². The van der Waals surface area contributed by atoms with Crippen molar-refractivity contribution >= 4 is 5.78 Å². The molecule has 0 saturated heterocycles. The van der Waals surface area contributed by atoms with Crippen LogP contribution in [0.4, 0.5) is 13.2 Å². The van der Waals surface area contributed by atoms with Crippen LogP contribution >= 0.6 is 0 Å². The molecule has 0 amide bonds. The van der Waals surface area contributed by atoms with Gasteiger partial charge in [-0.3, -0.25) is 9.48 Å². The molecule has 0 N–H and O–H groups in total. The Kier molecular flexibility index (Phi) is 2.71. The summed E-state index contributed by atoms with van der Waals surface area (Å²) in [6, 6.07) is 0.930. The van der Waals surface area contributed by atoms with Gasteiger partial charge in [0.15, 0.2) is 0 Å². The number of nitrogens with zero attached hydrogens (tertiary/aromatic N) is 2. The maximum Gasteiger partial charge on any atom is 0.202 e. The Morgan fingerprint density at radius 1 is 1.24 bits per heavy atom. The Morgan fingerprint density at radius 3 is 2.29 bits per heavy atom. The van der Waals surface area contributed by atoms with Gasteiger partial charge in [-0.25, -0.2) is 13.2 Å². The average Bonchev–Trinajstić information content (AvgIpc) is 2.63. The molecule has 2 rings (SSSR count). The highest BCUT2D eigenvalue weighted by atomic mass is 19.1. The van der Waals surface area contributed by atoms with Crippen LogP contribution in [-0.2, 0) is 7.05 Å². The highest BCUT2D eigenvalue weighted by molar-refractivity contribution is 6.09. The van der Waals surface area contributed by atoms with E-state index in [1.807, 2.05) is 0 Å². The van der Waals surface area contributed by atoms with Crippen LogP contribution in [-0.4, -0.2) is 15.6 Å². The summed E-state index contributed by atoms with van der Waals surface area (Å²) in [5.41, 5.74) is -0.740. The number of hydrogen-bond acceptors (Lipinski definition) is 2. The van der Waals surface area contributed by atoms with Crippen molar-refractivity contribution in [1.82, 2.24) is 9.78 Å². The van der Waals surface area contributed by atoms with Gasteiger partial charge in [-0.1, -0.05) is 0 Å². The van der Waals surface area contributed by atoms with E-state index >= 15 is 0 Å². The quantitative estimate of drug-likeness (QED) is 0.753. The van der Waals surface area contributed by atoms with E-state index in [1.165, 1.54) is 17.1 Å². The number of halogens is 3. The van der Waals surface area contributed by atoms with Gasteiger partial charge in [-0.15, -0.1) is 0 Å². The highest BCUT2D eigenvalue weighted by Gasteiger charge is 2.21. The van der Waals surface area contributed by atoms with Crippen molar-refractivity contribution in [3.63, 3.8) is 0 Å². The molecule has 0 aliphatic heterocycles. The molecule has 0 saturated carbocycles. The zero-order valence-corrected chi connectivity index (χ0v) is 8.75. The van der Waals surface area contributed by atoms with Crippen LogP contribution < -0.4 is 0 Å². The zero-order valence-electron chi connectivity index (χ0n) is 8.75. The minimum absolute atomic E-state index is 0.0388. The van der Waals surface area contributed by atoms with Crippen LogP contribution in [0.2, 0.25) is 0 Å². The number of hydrogen-bond donors (Lipinski definition) is 0. The Balaban J connectivity index is 2.51. The smallest absolute Gasteiger partial charge is 0.202 e. The first-order chi connectivity index (χ1) is 7.99. The fourth-order valence-electron chi connectivity index (χ4n) is 1.44. The van der Waals surface area contributed by atoms with Crippen molar-refractivity contribution in [3.8, 4) is 0 Å². The summed E-state index contributed by atoms with van der Waals surface area (Å²) < 4.78 is 40.6. The SMILES string of the molecule is Cn1cc(C(=O)c2c(F)cc(F)cc2F)cn1. The van der Waals surface area contributed by atoms with E-state index in [9.17, 15) is 18.0 Å². The summed E-state index contributed by atoms with van der Waals surface area (Å²) in [5.74, 6) is -4.39. The second-order valence-electron chi connectivity index (χ2n) is 3.48. The second-order valence-corrected chi connectivity index (χ2v) is 3.48. The molecule has 1 aromatic heterocycles. The fourth-order valence-corrected chi connectivity index (χ4v) is 1.44. The largest absolute Gasteiger partial charge is 0.288 e. The van der Waals surface area contributed by atoms with Gasteiger partial charge >= 0.3 is 0 Å². The first kappa shape index (κ1) is 11.4. The first-order valence-corrected chi connectivity index (χ1v) is 4.67. The highest BCUT2D eigenvalue weighted by Crippen LogP contribution is 2.18. The molecule has 0 fully saturated rings. The Bertz CT molecular complexity index is 569. The molecule has 6 heteroatoms. The molecule has 0 radical (unpaired) electrons. The summed E-state index contributed by atoms with van der Waals surface area (Å²) in [6.45, 7) is 0. The lowest BCUT2D eigenvalue weighted by Crippen LogP contribution is -2.07. The van der Waals surface area contributed by atoms with E-state index in [0.29, 0.717) is 12.1 Å². The molecule has 3 nitrogen and oxygen atoms in total. The van der Waals surface area contributed by atoms with Crippen LogP contribution in [0.3, 0.4) is 0 Å². The lowest BCUT2D eigenvalue weighted by atomic mass is 10.1. The Morgan fingerprint density at radius 2 is 1.82 bits per heavy atom. The summed E-state index contributed by atoms with van der Waals surface area (Å²) in [6.07, 6.45) is 2.51. The minimum Gasteiger partial charge on any atom is -0.288 e. The molecular weight excluding hydrogens is 233 g/mol. The summed E-state index contributed by atoms with van der Waals surface area (Å²) >= 11 is 0. The number of benzene rings is 1. The molecule has 0 spiro atoms. The maximum absolute atomic E-state index is 13.3. The topological polar surface area (TPSA) is 34.9 Å². The molecule has 0 aliphatic rings. The lowest BCUT2D eigenvalue weighted by Gasteiger charge is -2.02. The van der Waals surface area contributed by atoms with E-state index in [2.05, 4.69) is 5.10 Å². The number of carbonyl (C=O) groups is 1.